The van der Waals surface area contributed by atoms with Crippen LogP contribution in [0.25, 0.3) is 0 Å². The second-order valence-electron chi connectivity index (χ2n) is 7.34. The molecule has 0 aromatic carbocycles. The van der Waals surface area contributed by atoms with Crippen molar-refractivity contribution in [1.29, 1.82) is 0 Å². The Balaban J connectivity index is 1.42. The maximum atomic E-state index is 12.2. The molecule has 2 fully saturated rings. The van der Waals surface area contributed by atoms with Crippen LogP contribution in [0.3, 0.4) is 0 Å². The number of amides is 1. The van der Waals surface area contributed by atoms with E-state index in [2.05, 4.69) is 4.98 Å². The van der Waals surface area contributed by atoms with Gasteiger partial charge >= 0.3 is 0 Å². The van der Waals surface area contributed by atoms with E-state index in [1.165, 1.54) is 0 Å². The van der Waals surface area contributed by atoms with Gasteiger partial charge in [0, 0.05) is 33.0 Å². The quantitative estimate of drug-likeness (QED) is 0.746. The van der Waals surface area contributed by atoms with Crippen molar-refractivity contribution < 1.29 is 19.0 Å². The lowest BCUT2D eigenvalue weighted by molar-refractivity contribution is -0.148. The van der Waals surface area contributed by atoms with Crippen LogP contribution in [0.15, 0.2) is 24.5 Å². The zero-order valence-corrected chi connectivity index (χ0v) is 15.7. The molecule has 6 nitrogen and oxygen atoms in total. The zero-order valence-electron chi connectivity index (χ0n) is 15.7. The lowest BCUT2D eigenvalue weighted by atomic mass is 9.78. The molecule has 1 atom stereocenters. The predicted octanol–water partition coefficient (Wildman–Crippen LogP) is 2.67. The fraction of sp³-hybridized carbons (Fsp3) is 0.700. The Morgan fingerprint density at radius 2 is 2.23 bits per heavy atom. The number of aromatic nitrogens is 1. The highest BCUT2D eigenvalue weighted by Crippen LogP contribution is 2.38. The van der Waals surface area contributed by atoms with Gasteiger partial charge in [0.15, 0.2) is 0 Å². The van der Waals surface area contributed by atoms with Crippen LogP contribution in [-0.2, 0) is 14.3 Å². The highest BCUT2D eigenvalue weighted by molar-refractivity contribution is 5.76. The van der Waals surface area contributed by atoms with Gasteiger partial charge in [-0.3, -0.25) is 9.78 Å². The highest BCUT2D eigenvalue weighted by atomic mass is 16.5. The van der Waals surface area contributed by atoms with Gasteiger partial charge in [-0.05, 0) is 50.2 Å². The van der Waals surface area contributed by atoms with E-state index in [1.54, 1.807) is 19.5 Å². The molecule has 26 heavy (non-hydrogen) atoms. The number of rotatable bonds is 7. The van der Waals surface area contributed by atoms with Gasteiger partial charge < -0.3 is 19.1 Å². The molecule has 2 aliphatic rings. The van der Waals surface area contributed by atoms with E-state index in [-0.39, 0.29) is 11.5 Å². The van der Waals surface area contributed by atoms with E-state index < -0.39 is 0 Å². The van der Waals surface area contributed by atoms with Crippen molar-refractivity contribution in [2.75, 3.05) is 40.0 Å². The van der Waals surface area contributed by atoms with Crippen molar-refractivity contribution in [1.82, 2.24) is 9.88 Å². The molecule has 1 aromatic heterocycles. The Bertz CT molecular complexity index is 558. The number of carbonyl (C=O) groups is 1. The number of pyridine rings is 1. The molecule has 0 radical (unpaired) electrons. The average Bonchev–Trinajstić information content (AvgIpc) is 2.68. The Morgan fingerprint density at radius 1 is 1.38 bits per heavy atom. The number of carbonyl (C=O) groups excluding carboxylic acids is 1. The minimum Gasteiger partial charge on any atom is -0.492 e. The first-order valence-corrected chi connectivity index (χ1v) is 9.64. The molecule has 0 aliphatic carbocycles. The number of likely N-dealkylation sites (tertiary alicyclic amines) is 1. The molecule has 0 saturated carbocycles. The van der Waals surface area contributed by atoms with Crippen LogP contribution in [0.1, 0.15) is 38.5 Å². The van der Waals surface area contributed by atoms with Gasteiger partial charge in [0.1, 0.15) is 5.75 Å². The van der Waals surface area contributed by atoms with Crippen LogP contribution in [0.5, 0.6) is 5.75 Å². The van der Waals surface area contributed by atoms with Crippen LogP contribution >= 0.6 is 0 Å². The second kappa shape index (κ2) is 9.33. The molecule has 3 rings (SSSR count). The van der Waals surface area contributed by atoms with E-state index in [1.807, 2.05) is 17.0 Å². The summed E-state index contributed by atoms with van der Waals surface area (Å²) in [6.07, 6.45) is 9.05. The Hall–Kier alpha value is -1.66. The first-order valence-electron chi connectivity index (χ1n) is 9.64. The fourth-order valence-electron chi connectivity index (χ4n) is 4.01. The van der Waals surface area contributed by atoms with Crippen molar-refractivity contribution in [2.45, 2.75) is 44.1 Å². The van der Waals surface area contributed by atoms with Crippen molar-refractivity contribution >= 4 is 5.91 Å². The third-order valence-electron chi connectivity index (χ3n) is 5.57. The predicted molar refractivity (Wildman–Crippen MR) is 98.1 cm³/mol. The van der Waals surface area contributed by atoms with Gasteiger partial charge in [-0.1, -0.05) is 0 Å². The molecule has 1 unspecified atom stereocenters. The minimum absolute atomic E-state index is 0.0464. The molecule has 2 saturated heterocycles. The topological polar surface area (TPSA) is 60.9 Å². The first kappa shape index (κ1) is 19.1. The average molecular weight is 362 g/mol. The van der Waals surface area contributed by atoms with Gasteiger partial charge in [0.2, 0.25) is 5.91 Å². The monoisotopic (exact) mass is 362 g/mol. The third kappa shape index (κ3) is 5.17. The van der Waals surface area contributed by atoms with Crippen molar-refractivity contribution in [3.05, 3.63) is 24.5 Å². The van der Waals surface area contributed by atoms with Gasteiger partial charge in [0.25, 0.3) is 0 Å². The fourth-order valence-corrected chi connectivity index (χ4v) is 4.01. The number of methoxy groups -OCH3 is 1. The summed E-state index contributed by atoms with van der Waals surface area (Å²) in [6, 6.07) is 3.83. The summed E-state index contributed by atoms with van der Waals surface area (Å²) in [6.45, 7) is 3.61. The van der Waals surface area contributed by atoms with Crippen molar-refractivity contribution in [3.8, 4) is 5.75 Å². The molecular weight excluding hydrogens is 332 g/mol. The van der Waals surface area contributed by atoms with E-state index >= 15 is 0 Å². The molecule has 2 aliphatic heterocycles. The summed E-state index contributed by atoms with van der Waals surface area (Å²) in [7, 11) is 1.63. The number of nitrogens with zero attached hydrogens (tertiary/aromatic N) is 2. The number of ether oxygens (including phenoxy) is 3. The summed E-state index contributed by atoms with van der Waals surface area (Å²) < 4.78 is 17.0. The van der Waals surface area contributed by atoms with Gasteiger partial charge in [-0.2, -0.15) is 0 Å². The maximum absolute atomic E-state index is 12.2. The summed E-state index contributed by atoms with van der Waals surface area (Å²) in [4.78, 5) is 18.2. The maximum Gasteiger partial charge on any atom is 0.224 e. The Labute approximate surface area is 155 Å². The van der Waals surface area contributed by atoms with Gasteiger partial charge in [0.05, 0.1) is 31.4 Å². The summed E-state index contributed by atoms with van der Waals surface area (Å²) >= 11 is 0. The van der Waals surface area contributed by atoms with E-state index in [4.69, 9.17) is 14.2 Å². The molecule has 1 amide bonds. The number of hydrogen-bond donors (Lipinski definition) is 0. The first-order chi connectivity index (χ1) is 12.7. The largest absolute Gasteiger partial charge is 0.492 e. The normalized spacial score (nSPS) is 22.3. The minimum atomic E-state index is -0.0464. The lowest BCUT2D eigenvalue weighted by Crippen LogP contribution is -2.51. The van der Waals surface area contributed by atoms with Crippen LogP contribution in [-0.4, -0.2) is 61.4 Å². The third-order valence-corrected chi connectivity index (χ3v) is 5.57. The van der Waals surface area contributed by atoms with Crippen molar-refractivity contribution in [3.63, 3.8) is 0 Å². The van der Waals surface area contributed by atoms with Crippen LogP contribution in [0.4, 0.5) is 0 Å². The molecule has 0 bridgehead atoms. The standard InChI is InChI=1S/C20H30N2O4/c1-24-12-6-19(23)22-10-7-20(8-11-22)15-17(5-14-26-20)4-13-25-18-3-2-9-21-16-18/h2-3,9,16-17H,4-8,10-15H2,1H3. The number of hydrogen-bond acceptors (Lipinski definition) is 5. The smallest absolute Gasteiger partial charge is 0.224 e. The summed E-state index contributed by atoms with van der Waals surface area (Å²) in [5, 5.41) is 0. The Morgan fingerprint density at radius 3 is 2.96 bits per heavy atom. The van der Waals surface area contributed by atoms with Crippen LogP contribution < -0.4 is 4.74 Å². The summed E-state index contributed by atoms with van der Waals surface area (Å²) in [5.74, 6) is 1.65. The highest BCUT2D eigenvalue weighted by Gasteiger charge is 2.40. The van der Waals surface area contributed by atoms with Gasteiger partial charge in [-0.25, -0.2) is 0 Å². The molecule has 1 spiro atoms. The summed E-state index contributed by atoms with van der Waals surface area (Å²) in [5.41, 5.74) is -0.0464. The zero-order chi connectivity index (χ0) is 18.2. The molecule has 6 heteroatoms. The van der Waals surface area contributed by atoms with E-state index in [9.17, 15) is 4.79 Å². The molecule has 1 aromatic rings. The van der Waals surface area contributed by atoms with E-state index in [0.29, 0.717) is 25.6 Å². The molecule has 0 N–H and O–H groups in total. The lowest BCUT2D eigenvalue weighted by Gasteiger charge is -2.46. The second-order valence-corrected chi connectivity index (χ2v) is 7.34. The van der Waals surface area contributed by atoms with E-state index in [0.717, 1.165) is 57.6 Å². The van der Waals surface area contributed by atoms with Gasteiger partial charge in [-0.15, -0.1) is 0 Å². The molecular formula is C20H30N2O4. The number of piperidine rings is 1. The molecule has 3 heterocycles. The van der Waals surface area contributed by atoms with Crippen molar-refractivity contribution in [2.24, 2.45) is 5.92 Å². The van der Waals surface area contributed by atoms with Crippen LogP contribution in [0, 0.1) is 5.92 Å². The SMILES string of the molecule is COCCC(=O)N1CCC2(CC1)CC(CCOc1cccnc1)CCO2. The Kier molecular flexibility index (Phi) is 6.86. The molecule has 144 valence electrons. The van der Waals surface area contributed by atoms with Crippen LogP contribution in [0.2, 0.25) is 0 Å².